The molecule has 2 aliphatic rings. The minimum Gasteiger partial charge on any atom is -0.318 e. The van der Waals surface area contributed by atoms with Crippen LogP contribution in [-0.4, -0.2) is 29.0 Å². The fourth-order valence-electron chi connectivity index (χ4n) is 2.64. The Labute approximate surface area is 113 Å². The topological polar surface area (TPSA) is 42.1 Å². The average molecular weight is 265 g/mol. The highest BCUT2D eigenvalue weighted by Gasteiger charge is 2.43. The van der Waals surface area contributed by atoms with Crippen molar-refractivity contribution in [2.45, 2.75) is 57.0 Å². The summed E-state index contributed by atoms with van der Waals surface area (Å²) in [4.78, 5) is 7.37. The maximum atomic E-state index is 6.60. The minimum absolute atomic E-state index is 0.125. The Morgan fingerprint density at radius 3 is 2.72 bits per heavy atom. The molecule has 4 heteroatoms. The Morgan fingerprint density at radius 2 is 2.17 bits per heavy atom. The van der Waals surface area contributed by atoms with Gasteiger partial charge in [-0.05, 0) is 19.3 Å². The number of nitrogens with zero attached hydrogens (tertiary/aromatic N) is 2. The SMILES string of the molecule is CC(C)(C)c1csc(C2(N)CCN(C3CC3)C2)n1. The van der Waals surface area contributed by atoms with E-state index in [1.165, 1.54) is 18.5 Å². The van der Waals surface area contributed by atoms with Crippen molar-refractivity contribution < 1.29 is 0 Å². The van der Waals surface area contributed by atoms with Crippen LogP contribution in [0, 0.1) is 0 Å². The third-order valence-corrected chi connectivity index (χ3v) is 5.15. The van der Waals surface area contributed by atoms with Gasteiger partial charge in [0.25, 0.3) is 0 Å². The summed E-state index contributed by atoms with van der Waals surface area (Å²) in [5, 5.41) is 3.32. The second kappa shape index (κ2) is 4.02. The third kappa shape index (κ3) is 2.22. The zero-order valence-corrected chi connectivity index (χ0v) is 12.4. The zero-order chi connectivity index (χ0) is 13.0. The van der Waals surface area contributed by atoms with Gasteiger partial charge in [0, 0.05) is 29.9 Å². The lowest BCUT2D eigenvalue weighted by molar-refractivity contribution is 0.302. The van der Waals surface area contributed by atoms with E-state index in [0.717, 1.165) is 30.6 Å². The molecule has 3 nitrogen and oxygen atoms in total. The van der Waals surface area contributed by atoms with Crippen LogP contribution in [0.5, 0.6) is 0 Å². The van der Waals surface area contributed by atoms with E-state index in [1.54, 1.807) is 11.3 Å². The lowest BCUT2D eigenvalue weighted by atomic mass is 9.93. The van der Waals surface area contributed by atoms with E-state index in [-0.39, 0.29) is 11.0 Å². The molecule has 2 heterocycles. The van der Waals surface area contributed by atoms with Crippen LogP contribution in [0.2, 0.25) is 0 Å². The zero-order valence-electron chi connectivity index (χ0n) is 11.6. The second-order valence-electron chi connectivity index (χ2n) is 6.90. The molecule has 0 amide bonds. The summed E-state index contributed by atoms with van der Waals surface area (Å²) in [5.74, 6) is 0. The van der Waals surface area contributed by atoms with E-state index in [0.29, 0.717) is 0 Å². The van der Waals surface area contributed by atoms with Gasteiger partial charge in [-0.25, -0.2) is 4.98 Å². The fourth-order valence-corrected chi connectivity index (χ4v) is 3.82. The van der Waals surface area contributed by atoms with Crippen LogP contribution < -0.4 is 5.73 Å². The highest BCUT2D eigenvalue weighted by Crippen LogP contribution is 2.38. The molecule has 2 N–H and O–H groups in total. The van der Waals surface area contributed by atoms with Gasteiger partial charge in [0.2, 0.25) is 0 Å². The van der Waals surface area contributed by atoms with E-state index in [2.05, 4.69) is 31.1 Å². The number of hydrogen-bond donors (Lipinski definition) is 1. The Morgan fingerprint density at radius 1 is 1.44 bits per heavy atom. The first-order valence-electron chi connectivity index (χ1n) is 6.88. The van der Waals surface area contributed by atoms with Gasteiger partial charge < -0.3 is 5.73 Å². The van der Waals surface area contributed by atoms with Crippen molar-refractivity contribution in [3.8, 4) is 0 Å². The first-order valence-corrected chi connectivity index (χ1v) is 7.76. The van der Waals surface area contributed by atoms with Crippen molar-refractivity contribution >= 4 is 11.3 Å². The van der Waals surface area contributed by atoms with Crippen LogP contribution >= 0.6 is 11.3 Å². The molecular weight excluding hydrogens is 242 g/mol. The van der Waals surface area contributed by atoms with Gasteiger partial charge in [-0.2, -0.15) is 0 Å². The molecule has 1 saturated carbocycles. The Hall–Kier alpha value is -0.450. The van der Waals surface area contributed by atoms with Crippen LogP contribution in [0.1, 0.15) is 50.7 Å². The monoisotopic (exact) mass is 265 g/mol. The van der Waals surface area contributed by atoms with E-state index >= 15 is 0 Å². The van der Waals surface area contributed by atoms with Crippen molar-refractivity contribution in [1.82, 2.24) is 9.88 Å². The molecule has 1 atom stereocenters. The van der Waals surface area contributed by atoms with Gasteiger partial charge in [0.15, 0.2) is 0 Å². The molecule has 1 aliphatic heterocycles. The lowest BCUT2D eigenvalue weighted by Gasteiger charge is -2.22. The Bertz CT molecular complexity index is 444. The summed E-state index contributed by atoms with van der Waals surface area (Å²) < 4.78 is 0. The molecule has 1 saturated heterocycles. The van der Waals surface area contributed by atoms with Crippen molar-refractivity contribution in [1.29, 1.82) is 0 Å². The van der Waals surface area contributed by atoms with Gasteiger partial charge in [-0.15, -0.1) is 11.3 Å². The molecule has 0 bridgehead atoms. The maximum absolute atomic E-state index is 6.60. The molecular formula is C14H23N3S. The molecule has 0 aromatic carbocycles. The summed E-state index contributed by atoms with van der Waals surface area (Å²) >= 11 is 1.74. The molecule has 0 radical (unpaired) electrons. The number of rotatable bonds is 2. The van der Waals surface area contributed by atoms with Crippen molar-refractivity contribution in [2.24, 2.45) is 5.73 Å². The van der Waals surface area contributed by atoms with E-state index < -0.39 is 0 Å². The van der Waals surface area contributed by atoms with Crippen molar-refractivity contribution in [3.05, 3.63) is 16.1 Å². The molecule has 1 aromatic heterocycles. The Balaban J connectivity index is 1.79. The van der Waals surface area contributed by atoms with E-state index in [9.17, 15) is 0 Å². The summed E-state index contributed by atoms with van der Waals surface area (Å²) in [7, 11) is 0. The summed E-state index contributed by atoms with van der Waals surface area (Å²) in [6.07, 6.45) is 3.78. The van der Waals surface area contributed by atoms with Gasteiger partial charge in [-0.1, -0.05) is 20.8 Å². The third-order valence-electron chi connectivity index (χ3n) is 4.09. The number of thiazole rings is 1. The van der Waals surface area contributed by atoms with Gasteiger partial charge in [-0.3, -0.25) is 4.90 Å². The quantitative estimate of drug-likeness (QED) is 0.893. The molecule has 18 heavy (non-hydrogen) atoms. The maximum Gasteiger partial charge on any atom is 0.114 e. The predicted molar refractivity (Wildman–Crippen MR) is 75.9 cm³/mol. The highest BCUT2D eigenvalue weighted by atomic mass is 32.1. The van der Waals surface area contributed by atoms with Gasteiger partial charge in [0.05, 0.1) is 11.2 Å². The first kappa shape index (κ1) is 12.6. The van der Waals surface area contributed by atoms with Crippen LogP contribution in [0.25, 0.3) is 0 Å². The fraction of sp³-hybridized carbons (Fsp3) is 0.786. The normalized spacial score (nSPS) is 30.0. The summed E-state index contributed by atoms with van der Waals surface area (Å²) in [6, 6.07) is 0.817. The minimum atomic E-state index is -0.198. The highest BCUT2D eigenvalue weighted by molar-refractivity contribution is 7.09. The van der Waals surface area contributed by atoms with Gasteiger partial charge in [0.1, 0.15) is 5.01 Å². The smallest absolute Gasteiger partial charge is 0.114 e. The number of likely N-dealkylation sites (tertiary alicyclic amines) is 1. The number of hydrogen-bond acceptors (Lipinski definition) is 4. The molecule has 1 aliphatic carbocycles. The molecule has 1 aromatic rings. The molecule has 0 spiro atoms. The van der Waals surface area contributed by atoms with E-state index in [1.807, 2.05) is 0 Å². The molecule has 100 valence electrons. The standard InChI is InChI=1S/C14H23N3S/c1-13(2,3)11-8-18-12(16-11)14(15)6-7-17(9-14)10-4-5-10/h8,10H,4-7,9,15H2,1-3H3. The number of aromatic nitrogens is 1. The summed E-state index contributed by atoms with van der Waals surface area (Å²) in [5.41, 5.74) is 7.70. The van der Waals surface area contributed by atoms with Gasteiger partial charge >= 0.3 is 0 Å². The van der Waals surface area contributed by atoms with Crippen molar-refractivity contribution in [2.75, 3.05) is 13.1 Å². The van der Waals surface area contributed by atoms with Crippen LogP contribution in [0.15, 0.2) is 5.38 Å². The van der Waals surface area contributed by atoms with Crippen molar-refractivity contribution in [3.63, 3.8) is 0 Å². The first-order chi connectivity index (χ1) is 8.38. The summed E-state index contributed by atoms with van der Waals surface area (Å²) in [6.45, 7) is 8.76. The number of nitrogens with two attached hydrogens (primary N) is 1. The second-order valence-corrected chi connectivity index (χ2v) is 7.75. The largest absolute Gasteiger partial charge is 0.318 e. The average Bonchev–Trinajstić information content (AvgIpc) is 2.85. The molecule has 1 unspecified atom stereocenters. The molecule has 2 fully saturated rings. The van der Waals surface area contributed by atoms with Crippen LogP contribution in [0.3, 0.4) is 0 Å². The molecule has 3 rings (SSSR count). The van der Waals surface area contributed by atoms with Crippen LogP contribution in [-0.2, 0) is 11.0 Å². The van der Waals surface area contributed by atoms with Crippen LogP contribution in [0.4, 0.5) is 0 Å². The predicted octanol–water partition coefficient (Wildman–Crippen LogP) is 2.46. The lowest BCUT2D eigenvalue weighted by Crippen LogP contribution is -2.40. The van der Waals surface area contributed by atoms with E-state index in [4.69, 9.17) is 10.7 Å². The Kier molecular flexibility index (Phi) is 2.81.